The number of aryl methyl sites for hydroxylation is 1. The Labute approximate surface area is 104 Å². The van der Waals surface area contributed by atoms with Gasteiger partial charge in [0.05, 0.1) is 0 Å². The molecule has 2 unspecified atom stereocenters. The van der Waals surface area contributed by atoms with Crippen molar-refractivity contribution < 1.29 is 4.79 Å². The standard InChI is InChI=1S/C16H22O/c1-3-13-10-14(8-9-15(13)11-17)16-7-5-4-6-12(16)2/h8-12,16H,3-7H2,1-2H3. The second kappa shape index (κ2) is 5.48. The average Bonchev–Trinajstić information content (AvgIpc) is 2.38. The van der Waals surface area contributed by atoms with Gasteiger partial charge in [-0.3, -0.25) is 4.79 Å². The third-order valence-electron chi connectivity index (χ3n) is 4.21. The summed E-state index contributed by atoms with van der Waals surface area (Å²) in [5.74, 6) is 1.49. The van der Waals surface area contributed by atoms with Gasteiger partial charge < -0.3 is 0 Å². The second-order valence-electron chi connectivity index (χ2n) is 5.30. The molecule has 0 saturated heterocycles. The molecule has 1 aromatic rings. The van der Waals surface area contributed by atoms with Crippen LogP contribution in [0.15, 0.2) is 18.2 Å². The van der Waals surface area contributed by atoms with E-state index >= 15 is 0 Å². The first-order valence-electron chi connectivity index (χ1n) is 6.84. The molecule has 1 aromatic carbocycles. The van der Waals surface area contributed by atoms with Crippen LogP contribution in [0.4, 0.5) is 0 Å². The summed E-state index contributed by atoms with van der Waals surface area (Å²) < 4.78 is 0. The maximum atomic E-state index is 10.9. The zero-order chi connectivity index (χ0) is 12.3. The molecule has 1 saturated carbocycles. The monoisotopic (exact) mass is 230 g/mol. The average molecular weight is 230 g/mol. The molecule has 0 N–H and O–H groups in total. The van der Waals surface area contributed by atoms with Crippen molar-refractivity contribution in [2.75, 3.05) is 0 Å². The van der Waals surface area contributed by atoms with Gasteiger partial charge in [0.1, 0.15) is 6.29 Å². The fourth-order valence-corrected chi connectivity index (χ4v) is 3.09. The summed E-state index contributed by atoms with van der Waals surface area (Å²) in [7, 11) is 0. The highest BCUT2D eigenvalue weighted by atomic mass is 16.1. The number of carbonyl (C=O) groups is 1. The molecule has 1 aliphatic carbocycles. The predicted molar refractivity (Wildman–Crippen MR) is 71.6 cm³/mol. The van der Waals surface area contributed by atoms with E-state index in [9.17, 15) is 4.79 Å². The minimum absolute atomic E-state index is 0.703. The third kappa shape index (κ3) is 2.59. The molecular formula is C16H22O. The SMILES string of the molecule is CCc1cc(C2CCCCC2C)ccc1C=O. The van der Waals surface area contributed by atoms with Crippen molar-refractivity contribution in [1.29, 1.82) is 0 Å². The van der Waals surface area contributed by atoms with E-state index in [0.717, 1.165) is 24.2 Å². The van der Waals surface area contributed by atoms with E-state index in [1.165, 1.54) is 36.8 Å². The Kier molecular flexibility index (Phi) is 3.98. The van der Waals surface area contributed by atoms with Gasteiger partial charge in [0.15, 0.2) is 0 Å². The number of rotatable bonds is 3. The summed E-state index contributed by atoms with van der Waals surface area (Å²) in [4.78, 5) is 10.9. The molecule has 0 amide bonds. The molecule has 0 aromatic heterocycles. The van der Waals surface area contributed by atoms with Gasteiger partial charge in [-0.1, -0.05) is 51.3 Å². The van der Waals surface area contributed by atoms with Crippen molar-refractivity contribution in [2.45, 2.75) is 51.9 Å². The molecule has 0 bridgehead atoms. The van der Waals surface area contributed by atoms with Crippen LogP contribution in [-0.4, -0.2) is 6.29 Å². The van der Waals surface area contributed by atoms with Gasteiger partial charge in [0, 0.05) is 5.56 Å². The van der Waals surface area contributed by atoms with Crippen molar-refractivity contribution in [2.24, 2.45) is 5.92 Å². The molecule has 0 radical (unpaired) electrons. The minimum Gasteiger partial charge on any atom is -0.298 e. The van der Waals surface area contributed by atoms with Gasteiger partial charge in [0.2, 0.25) is 0 Å². The third-order valence-corrected chi connectivity index (χ3v) is 4.21. The summed E-state index contributed by atoms with van der Waals surface area (Å²) in [6.45, 7) is 4.49. The summed E-state index contributed by atoms with van der Waals surface area (Å²) in [5.41, 5.74) is 3.51. The van der Waals surface area contributed by atoms with Crippen molar-refractivity contribution in [3.63, 3.8) is 0 Å². The lowest BCUT2D eigenvalue weighted by molar-refractivity contribution is 0.112. The Morgan fingerprint density at radius 3 is 2.71 bits per heavy atom. The van der Waals surface area contributed by atoms with Crippen LogP contribution in [0.3, 0.4) is 0 Å². The van der Waals surface area contributed by atoms with E-state index in [1.54, 1.807) is 0 Å². The smallest absolute Gasteiger partial charge is 0.150 e. The quantitative estimate of drug-likeness (QED) is 0.705. The van der Waals surface area contributed by atoms with Gasteiger partial charge in [0.25, 0.3) is 0 Å². The van der Waals surface area contributed by atoms with Crippen LogP contribution in [0.5, 0.6) is 0 Å². The fraction of sp³-hybridized carbons (Fsp3) is 0.562. The molecule has 2 rings (SSSR count). The van der Waals surface area contributed by atoms with Crippen LogP contribution in [-0.2, 0) is 6.42 Å². The first kappa shape index (κ1) is 12.3. The van der Waals surface area contributed by atoms with E-state index in [1.807, 2.05) is 6.07 Å². The van der Waals surface area contributed by atoms with Gasteiger partial charge >= 0.3 is 0 Å². The lowest BCUT2D eigenvalue weighted by atomic mass is 9.76. The van der Waals surface area contributed by atoms with Crippen LogP contribution < -0.4 is 0 Å². The van der Waals surface area contributed by atoms with Crippen LogP contribution in [0, 0.1) is 5.92 Å². The van der Waals surface area contributed by atoms with Crippen molar-refractivity contribution >= 4 is 6.29 Å². The lowest BCUT2D eigenvalue weighted by Crippen LogP contribution is -2.15. The summed E-state index contributed by atoms with van der Waals surface area (Å²) in [6.07, 6.45) is 7.32. The molecule has 1 nitrogen and oxygen atoms in total. The first-order chi connectivity index (χ1) is 8.26. The largest absolute Gasteiger partial charge is 0.298 e. The van der Waals surface area contributed by atoms with Crippen molar-refractivity contribution in [1.82, 2.24) is 0 Å². The molecule has 2 atom stereocenters. The van der Waals surface area contributed by atoms with Crippen LogP contribution in [0.1, 0.15) is 66.9 Å². The topological polar surface area (TPSA) is 17.1 Å². The number of hydrogen-bond acceptors (Lipinski definition) is 1. The Morgan fingerprint density at radius 2 is 2.06 bits per heavy atom. The summed E-state index contributed by atoms with van der Waals surface area (Å²) >= 11 is 0. The highest BCUT2D eigenvalue weighted by Crippen LogP contribution is 2.37. The number of benzene rings is 1. The van der Waals surface area contributed by atoms with Crippen molar-refractivity contribution in [3.05, 3.63) is 34.9 Å². The van der Waals surface area contributed by atoms with E-state index in [0.29, 0.717) is 5.92 Å². The molecule has 92 valence electrons. The van der Waals surface area contributed by atoms with Gasteiger partial charge in [-0.05, 0) is 35.8 Å². The Bertz CT molecular complexity index is 395. The summed E-state index contributed by atoms with van der Waals surface area (Å²) in [5, 5.41) is 0. The second-order valence-corrected chi connectivity index (χ2v) is 5.30. The Hall–Kier alpha value is -1.11. The molecule has 0 spiro atoms. The maximum Gasteiger partial charge on any atom is 0.150 e. The highest BCUT2D eigenvalue weighted by Gasteiger charge is 2.23. The van der Waals surface area contributed by atoms with Crippen molar-refractivity contribution in [3.8, 4) is 0 Å². The van der Waals surface area contributed by atoms with E-state index in [2.05, 4.69) is 26.0 Å². The molecule has 0 heterocycles. The molecule has 17 heavy (non-hydrogen) atoms. The highest BCUT2D eigenvalue weighted by molar-refractivity contribution is 5.77. The Balaban J connectivity index is 2.28. The number of aldehydes is 1. The van der Waals surface area contributed by atoms with Crippen LogP contribution in [0.2, 0.25) is 0 Å². The van der Waals surface area contributed by atoms with Gasteiger partial charge in [-0.25, -0.2) is 0 Å². The number of carbonyl (C=O) groups excluding carboxylic acids is 1. The van der Waals surface area contributed by atoms with Crippen LogP contribution in [0.25, 0.3) is 0 Å². The van der Waals surface area contributed by atoms with Crippen LogP contribution >= 0.6 is 0 Å². The molecule has 1 fully saturated rings. The molecule has 1 aliphatic rings. The van der Waals surface area contributed by atoms with Gasteiger partial charge in [-0.15, -0.1) is 0 Å². The Morgan fingerprint density at radius 1 is 1.29 bits per heavy atom. The first-order valence-corrected chi connectivity index (χ1v) is 6.84. The fourth-order valence-electron chi connectivity index (χ4n) is 3.09. The van der Waals surface area contributed by atoms with E-state index in [-0.39, 0.29) is 0 Å². The zero-order valence-corrected chi connectivity index (χ0v) is 10.9. The predicted octanol–water partition coefficient (Wildman–Crippen LogP) is 4.36. The maximum absolute atomic E-state index is 10.9. The molecular weight excluding hydrogens is 208 g/mol. The van der Waals surface area contributed by atoms with Gasteiger partial charge in [-0.2, -0.15) is 0 Å². The lowest BCUT2D eigenvalue weighted by Gasteiger charge is -2.29. The minimum atomic E-state index is 0.703. The van der Waals surface area contributed by atoms with E-state index < -0.39 is 0 Å². The molecule has 1 heteroatoms. The molecule has 0 aliphatic heterocycles. The summed E-state index contributed by atoms with van der Waals surface area (Å²) in [6, 6.07) is 6.42. The normalized spacial score (nSPS) is 24.6. The van der Waals surface area contributed by atoms with E-state index in [4.69, 9.17) is 0 Å². The zero-order valence-electron chi connectivity index (χ0n) is 10.9. The number of hydrogen-bond donors (Lipinski definition) is 0.